The minimum Gasteiger partial charge on any atom is -0.365 e. The maximum absolute atomic E-state index is 5.81. The van der Waals surface area contributed by atoms with Crippen molar-refractivity contribution in [2.24, 2.45) is 0 Å². The quantitative estimate of drug-likeness (QED) is 0.750. The zero-order chi connectivity index (χ0) is 10.5. The van der Waals surface area contributed by atoms with Gasteiger partial charge in [-0.05, 0) is 0 Å². The molecule has 1 aliphatic heterocycles. The van der Waals surface area contributed by atoms with Crippen LogP contribution in [0.1, 0.15) is 5.56 Å². The molecule has 2 rings (SSSR count). The molecule has 1 aromatic carbocycles. The van der Waals surface area contributed by atoms with E-state index >= 15 is 0 Å². The molecule has 1 saturated heterocycles. The standard InChI is InChI=1S/C12H16ClNO/c13-8-12-10-14(6-7-15-12)9-11-4-2-1-3-5-11/h1-5,12H,6-10H2/p+1. The van der Waals surface area contributed by atoms with Gasteiger partial charge in [0.15, 0.2) is 0 Å². The maximum atomic E-state index is 5.81. The summed E-state index contributed by atoms with van der Waals surface area (Å²) in [6, 6.07) is 10.6. The lowest BCUT2D eigenvalue weighted by Crippen LogP contribution is -3.13. The number of nitrogens with one attached hydrogen (secondary N) is 1. The number of quaternary nitrogens is 1. The van der Waals surface area contributed by atoms with Crippen molar-refractivity contribution in [3.63, 3.8) is 0 Å². The molecule has 1 fully saturated rings. The van der Waals surface area contributed by atoms with E-state index in [-0.39, 0.29) is 6.10 Å². The fourth-order valence-electron chi connectivity index (χ4n) is 2.00. The molecule has 0 radical (unpaired) electrons. The Bertz CT molecular complexity index is 291. The van der Waals surface area contributed by atoms with Crippen molar-refractivity contribution in [2.45, 2.75) is 12.6 Å². The lowest BCUT2D eigenvalue weighted by atomic mass is 10.2. The van der Waals surface area contributed by atoms with E-state index in [2.05, 4.69) is 30.3 Å². The van der Waals surface area contributed by atoms with Crippen molar-refractivity contribution in [3.8, 4) is 0 Å². The normalized spacial score (nSPS) is 26.5. The van der Waals surface area contributed by atoms with Gasteiger partial charge in [-0.1, -0.05) is 30.3 Å². The molecular formula is C12H17ClNO+. The number of rotatable bonds is 3. The van der Waals surface area contributed by atoms with E-state index in [0.29, 0.717) is 5.88 Å². The molecule has 0 aliphatic carbocycles. The second-order valence-electron chi connectivity index (χ2n) is 4.01. The minimum atomic E-state index is 0.235. The van der Waals surface area contributed by atoms with E-state index in [0.717, 1.165) is 26.2 Å². The number of morpholine rings is 1. The van der Waals surface area contributed by atoms with Crippen molar-refractivity contribution in [1.82, 2.24) is 0 Å². The van der Waals surface area contributed by atoms with E-state index in [1.54, 1.807) is 4.90 Å². The number of ether oxygens (including phenoxy) is 1. The fourth-order valence-corrected chi connectivity index (χ4v) is 2.20. The van der Waals surface area contributed by atoms with Crippen molar-refractivity contribution in [3.05, 3.63) is 35.9 Å². The Morgan fingerprint density at radius 3 is 2.87 bits per heavy atom. The third-order valence-corrected chi connectivity index (χ3v) is 3.14. The SMILES string of the molecule is ClCC1C[NH+](Cc2ccccc2)CCO1. The van der Waals surface area contributed by atoms with Crippen LogP contribution in [0.3, 0.4) is 0 Å². The molecule has 15 heavy (non-hydrogen) atoms. The summed E-state index contributed by atoms with van der Waals surface area (Å²) < 4.78 is 5.54. The van der Waals surface area contributed by atoms with Crippen LogP contribution in [-0.4, -0.2) is 31.7 Å². The number of hydrogen-bond acceptors (Lipinski definition) is 1. The molecular weight excluding hydrogens is 210 g/mol. The van der Waals surface area contributed by atoms with Crippen LogP contribution < -0.4 is 4.90 Å². The van der Waals surface area contributed by atoms with Crippen molar-refractivity contribution < 1.29 is 9.64 Å². The first kappa shape index (κ1) is 10.9. The molecule has 0 saturated carbocycles. The first-order valence-corrected chi connectivity index (χ1v) is 5.97. The summed E-state index contributed by atoms with van der Waals surface area (Å²) in [6.45, 7) is 4.03. The highest BCUT2D eigenvalue weighted by Crippen LogP contribution is 1.98. The van der Waals surface area contributed by atoms with Crippen molar-refractivity contribution in [1.29, 1.82) is 0 Å². The average Bonchev–Trinajstić information content (AvgIpc) is 2.31. The van der Waals surface area contributed by atoms with Gasteiger partial charge >= 0.3 is 0 Å². The van der Waals surface area contributed by atoms with Crippen LogP contribution in [0.2, 0.25) is 0 Å². The number of halogens is 1. The van der Waals surface area contributed by atoms with Gasteiger partial charge in [0.05, 0.1) is 12.5 Å². The molecule has 1 aliphatic rings. The van der Waals surface area contributed by atoms with Gasteiger partial charge in [0.25, 0.3) is 0 Å². The predicted molar refractivity (Wildman–Crippen MR) is 61.3 cm³/mol. The molecule has 2 nitrogen and oxygen atoms in total. The van der Waals surface area contributed by atoms with Crippen LogP contribution in [0.25, 0.3) is 0 Å². The van der Waals surface area contributed by atoms with Crippen LogP contribution in [0.15, 0.2) is 30.3 Å². The molecule has 0 aromatic heterocycles. The zero-order valence-electron chi connectivity index (χ0n) is 8.79. The summed E-state index contributed by atoms with van der Waals surface area (Å²) >= 11 is 5.81. The average molecular weight is 227 g/mol. The first-order valence-electron chi connectivity index (χ1n) is 5.43. The monoisotopic (exact) mass is 226 g/mol. The summed E-state index contributed by atoms with van der Waals surface area (Å²) in [4.78, 5) is 1.57. The van der Waals surface area contributed by atoms with Crippen LogP contribution in [-0.2, 0) is 11.3 Å². The van der Waals surface area contributed by atoms with E-state index in [9.17, 15) is 0 Å². The lowest BCUT2D eigenvalue weighted by molar-refractivity contribution is -0.924. The van der Waals surface area contributed by atoms with E-state index in [1.165, 1.54) is 5.56 Å². The first-order chi connectivity index (χ1) is 7.38. The smallest absolute Gasteiger partial charge is 0.120 e. The third-order valence-electron chi connectivity index (χ3n) is 2.79. The fraction of sp³-hybridized carbons (Fsp3) is 0.500. The molecule has 0 bridgehead atoms. The number of hydrogen-bond donors (Lipinski definition) is 1. The Hall–Kier alpha value is -0.570. The van der Waals surface area contributed by atoms with Crippen molar-refractivity contribution >= 4 is 11.6 Å². The van der Waals surface area contributed by atoms with Gasteiger partial charge in [-0.2, -0.15) is 0 Å². The molecule has 82 valence electrons. The molecule has 0 spiro atoms. The van der Waals surface area contributed by atoms with Gasteiger partial charge in [0.2, 0.25) is 0 Å². The molecule has 1 N–H and O–H groups in total. The van der Waals surface area contributed by atoms with Gasteiger partial charge in [-0.3, -0.25) is 0 Å². The Labute approximate surface area is 95.8 Å². The summed E-state index contributed by atoms with van der Waals surface area (Å²) in [5.74, 6) is 0.609. The third kappa shape index (κ3) is 3.20. The van der Waals surface area contributed by atoms with Gasteiger partial charge in [0, 0.05) is 5.56 Å². The van der Waals surface area contributed by atoms with Gasteiger partial charge < -0.3 is 9.64 Å². The zero-order valence-corrected chi connectivity index (χ0v) is 9.54. The van der Waals surface area contributed by atoms with Crippen LogP contribution in [0.5, 0.6) is 0 Å². The number of benzene rings is 1. The second kappa shape index (κ2) is 5.50. The topological polar surface area (TPSA) is 13.7 Å². The van der Waals surface area contributed by atoms with Gasteiger partial charge in [-0.25, -0.2) is 0 Å². The molecule has 0 amide bonds. The minimum absolute atomic E-state index is 0.235. The molecule has 2 unspecified atom stereocenters. The van der Waals surface area contributed by atoms with Crippen LogP contribution >= 0.6 is 11.6 Å². The summed E-state index contributed by atoms with van der Waals surface area (Å²) in [6.07, 6.45) is 0.235. The largest absolute Gasteiger partial charge is 0.365 e. The summed E-state index contributed by atoms with van der Waals surface area (Å²) in [5, 5.41) is 0. The highest BCUT2D eigenvalue weighted by Gasteiger charge is 2.22. The Kier molecular flexibility index (Phi) is 4.01. The molecule has 3 heteroatoms. The van der Waals surface area contributed by atoms with Crippen LogP contribution in [0.4, 0.5) is 0 Å². The molecule has 2 atom stereocenters. The predicted octanol–water partition coefficient (Wildman–Crippen LogP) is 0.709. The Morgan fingerprint density at radius 2 is 2.13 bits per heavy atom. The lowest BCUT2D eigenvalue weighted by Gasteiger charge is -2.29. The van der Waals surface area contributed by atoms with Crippen molar-refractivity contribution in [2.75, 3.05) is 25.6 Å². The summed E-state index contributed by atoms with van der Waals surface area (Å²) in [7, 11) is 0. The Morgan fingerprint density at radius 1 is 1.33 bits per heavy atom. The van der Waals surface area contributed by atoms with Gasteiger partial charge in [-0.15, -0.1) is 11.6 Å². The highest BCUT2D eigenvalue weighted by atomic mass is 35.5. The maximum Gasteiger partial charge on any atom is 0.120 e. The van der Waals surface area contributed by atoms with Gasteiger partial charge in [0.1, 0.15) is 25.7 Å². The van der Waals surface area contributed by atoms with E-state index < -0.39 is 0 Å². The van der Waals surface area contributed by atoms with Crippen LogP contribution in [0, 0.1) is 0 Å². The van der Waals surface area contributed by atoms with E-state index in [4.69, 9.17) is 16.3 Å². The van der Waals surface area contributed by atoms with E-state index in [1.807, 2.05) is 0 Å². The molecule has 1 heterocycles. The summed E-state index contributed by atoms with van der Waals surface area (Å²) in [5.41, 5.74) is 1.39. The highest BCUT2D eigenvalue weighted by molar-refractivity contribution is 6.18. The molecule has 1 aromatic rings. The number of alkyl halides is 1. The second-order valence-corrected chi connectivity index (χ2v) is 4.32. The Balaban J connectivity index is 1.89.